The van der Waals surface area contributed by atoms with Crippen molar-refractivity contribution in [2.24, 2.45) is 0 Å². The Bertz CT molecular complexity index is 206. The fourth-order valence-electron chi connectivity index (χ4n) is 1.42. The van der Waals surface area contributed by atoms with Crippen molar-refractivity contribution >= 4 is 5.97 Å². The standard InChI is InChI=1S/C11H21NO5/c1-14-4-2-5-15-7-8-17-11(13)10-9-12-3-6-16-10/h10,12H,2-9H2,1H3. The molecule has 0 amide bonds. The normalized spacial score (nSPS) is 20.2. The van der Waals surface area contributed by atoms with Crippen LogP contribution in [-0.4, -0.2) is 65.3 Å². The molecule has 1 aliphatic heterocycles. The molecule has 1 aliphatic rings. The van der Waals surface area contributed by atoms with Gasteiger partial charge in [-0.1, -0.05) is 0 Å². The van der Waals surface area contributed by atoms with Crippen LogP contribution in [0.3, 0.4) is 0 Å². The third-order valence-electron chi connectivity index (χ3n) is 2.30. The molecule has 0 spiro atoms. The number of rotatable bonds is 8. The maximum atomic E-state index is 11.5. The number of hydrogen-bond donors (Lipinski definition) is 1. The van der Waals surface area contributed by atoms with E-state index in [9.17, 15) is 4.79 Å². The second-order valence-corrected chi connectivity index (χ2v) is 3.69. The highest BCUT2D eigenvalue weighted by molar-refractivity contribution is 5.75. The average molecular weight is 247 g/mol. The third-order valence-corrected chi connectivity index (χ3v) is 2.30. The third kappa shape index (κ3) is 6.58. The van der Waals surface area contributed by atoms with Crippen molar-refractivity contribution in [3.8, 4) is 0 Å². The molecule has 0 radical (unpaired) electrons. The summed E-state index contributed by atoms with van der Waals surface area (Å²) in [5, 5.41) is 3.07. The van der Waals surface area contributed by atoms with Crippen molar-refractivity contribution < 1.29 is 23.7 Å². The SMILES string of the molecule is COCCCOCCOC(=O)C1CNCCO1. The van der Waals surface area contributed by atoms with E-state index in [2.05, 4.69) is 5.32 Å². The van der Waals surface area contributed by atoms with Gasteiger partial charge in [0, 0.05) is 33.4 Å². The fraction of sp³-hybridized carbons (Fsp3) is 0.909. The van der Waals surface area contributed by atoms with Crippen LogP contribution in [0.25, 0.3) is 0 Å². The molecule has 1 heterocycles. The lowest BCUT2D eigenvalue weighted by Gasteiger charge is -2.21. The van der Waals surface area contributed by atoms with E-state index in [1.54, 1.807) is 7.11 Å². The molecule has 1 rings (SSSR count). The predicted molar refractivity (Wildman–Crippen MR) is 60.9 cm³/mol. The summed E-state index contributed by atoms with van der Waals surface area (Å²) in [5.74, 6) is -0.322. The van der Waals surface area contributed by atoms with Crippen molar-refractivity contribution in [3.05, 3.63) is 0 Å². The first-order chi connectivity index (χ1) is 8.34. The van der Waals surface area contributed by atoms with Crippen LogP contribution >= 0.6 is 0 Å². The van der Waals surface area contributed by atoms with E-state index in [4.69, 9.17) is 18.9 Å². The fourth-order valence-corrected chi connectivity index (χ4v) is 1.42. The van der Waals surface area contributed by atoms with Crippen LogP contribution in [0.2, 0.25) is 0 Å². The minimum atomic E-state index is -0.475. The van der Waals surface area contributed by atoms with Gasteiger partial charge in [-0.3, -0.25) is 0 Å². The number of carbonyl (C=O) groups excluding carboxylic acids is 1. The summed E-state index contributed by atoms with van der Waals surface area (Å²) in [6.07, 6.45) is 0.373. The van der Waals surface area contributed by atoms with Gasteiger partial charge in [-0.25, -0.2) is 4.79 Å². The highest BCUT2D eigenvalue weighted by Crippen LogP contribution is 1.98. The molecule has 0 saturated carbocycles. The van der Waals surface area contributed by atoms with Crippen LogP contribution < -0.4 is 5.32 Å². The van der Waals surface area contributed by atoms with Gasteiger partial charge in [0.15, 0.2) is 6.10 Å². The number of nitrogens with one attached hydrogen (secondary N) is 1. The lowest BCUT2D eigenvalue weighted by Crippen LogP contribution is -2.44. The highest BCUT2D eigenvalue weighted by atomic mass is 16.6. The summed E-state index contributed by atoms with van der Waals surface area (Å²) in [5.41, 5.74) is 0. The summed E-state index contributed by atoms with van der Waals surface area (Å²) >= 11 is 0. The molecule has 6 nitrogen and oxygen atoms in total. The van der Waals surface area contributed by atoms with E-state index in [0.29, 0.717) is 33.0 Å². The Balaban J connectivity index is 1.92. The number of esters is 1. The van der Waals surface area contributed by atoms with Crippen molar-refractivity contribution in [1.82, 2.24) is 5.32 Å². The number of morpholine rings is 1. The van der Waals surface area contributed by atoms with Gasteiger partial charge in [-0.2, -0.15) is 0 Å². The van der Waals surface area contributed by atoms with Gasteiger partial charge in [0.25, 0.3) is 0 Å². The van der Waals surface area contributed by atoms with Crippen molar-refractivity contribution in [3.63, 3.8) is 0 Å². The smallest absolute Gasteiger partial charge is 0.336 e. The molecule has 0 aromatic rings. The molecule has 6 heteroatoms. The molecular formula is C11H21NO5. The maximum Gasteiger partial charge on any atom is 0.336 e. The summed E-state index contributed by atoms with van der Waals surface area (Å²) < 4.78 is 20.4. The van der Waals surface area contributed by atoms with Crippen LogP contribution in [0.5, 0.6) is 0 Å². The second kappa shape index (κ2) is 9.35. The zero-order valence-corrected chi connectivity index (χ0v) is 10.3. The zero-order valence-electron chi connectivity index (χ0n) is 10.3. The largest absolute Gasteiger partial charge is 0.461 e. The monoisotopic (exact) mass is 247 g/mol. The Labute approximate surface area is 102 Å². The summed E-state index contributed by atoms with van der Waals surface area (Å²) in [4.78, 5) is 11.5. The first-order valence-corrected chi connectivity index (χ1v) is 5.90. The first-order valence-electron chi connectivity index (χ1n) is 5.90. The van der Waals surface area contributed by atoms with E-state index in [1.165, 1.54) is 0 Å². The molecule has 0 bridgehead atoms. The van der Waals surface area contributed by atoms with Gasteiger partial charge in [0.1, 0.15) is 6.61 Å². The summed E-state index contributed by atoms with van der Waals surface area (Å²) in [6.45, 7) is 3.84. The lowest BCUT2D eigenvalue weighted by molar-refractivity contribution is -0.160. The minimum Gasteiger partial charge on any atom is -0.461 e. The quantitative estimate of drug-likeness (QED) is 0.464. The first kappa shape index (κ1) is 14.4. The highest BCUT2D eigenvalue weighted by Gasteiger charge is 2.22. The number of carbonyl (C=O) groups is 1. The molecule has 0 aliphatic carbocycles. The van der Waals surface area contributed by atoms with E-state index < -0.39 is 6.10 Å². The van der Waals surface area contributed by atoms with Gasteiger partial charge in [0.2, 0.25) is 0 Å². The molecule has 0 aromatic carbocycles. The molecule has 1 fully saturated rings. The second-order valence-electron chi connectivity index (χ2n) is 3.69. The lowest BCUT2D eigenvalue weighted by atomic mass is 10.3. The van der Waals surface area contributed by atoms with Gasteiger partial charge >= 0.3 is 5.97 Å². The predicted octanol–water partition coefficient (Wildman–Crippen LogP) is -0.429. The minimum absolute atomic E-state index is 0.270. The van der Waals surface area contributed by atoms with Gasteiger partial charge in [-0.05, 0) is 6.42 Å². The zero-order chi connectivity index (χ0) is 12.3. The Morgan fingerprint density at radius 1 is 1.35 bits per heavy atom. The molecule has 0 aromatic heterocycles. The Hall–Kier alpha value is -0.690. The molecule has 1 saturated heterocycles. The Morgan fingerprint density at radius 3 is 2.94 bits per heavy atom. The molecule has 100 valence electrons. The number of hydrogen-bond acceptors (Lipinski definition) is 6. The van der Waals surface area contributed by atoms with Crippen LogP contribution in [0, 0.1) is 0 Å². The molecule has 1 N–H and O–H groups in total. The van der Waals surface area contributed by atoms with Gasteiger partial charge in [0.05, 0.1) is 13.2 Å². The number of methoxy groups -OCH3 is 1. The Kier molecular flexibility index (Phi) is 7.91. The molecular weight excluding hydrogens is 226 g/mol. The van der Waals surface area contributed by atoms with E-state index in [1.807, 2.05) is 0 Å². The van der Waals surface area contributed by atoms with Crippen molar-refractivity contribution in [2.75, 3.05) is 53.2 Å². The molecule has 1 unspecified atom stereocenters. The van der Waals surface area contributed by atoms with Crippen LogP contribution in [0.15, 0.2) is 0 Å². The van der Waals surface area contributed by atoms with Gasteiger partial charge in [-0.15, -0.1) is 0 Å². The maximum absolute atomic E-state index is 11.5. The summed E-state index contributed by atoms with van der Waals surface area (Å²) in [7, 11) is 1.65. The molecule has 17 heavy (non-hydrogen) atoms. The average Bonchev–Trinajstić information content (AvgIpc) is 2.38. The number of ether oxygens (including phenoxy) is 4. The van der Waals surface area contributed by atoms with Crippen LogP contribution in [0.1, 0.15) is 6.42 Å². The van der Waals surface area contributed by atoms with Gasteiger partial charge < -0.3 is 24.3 Å². The van der Waals surface area contributed by atoms with E-state index >= 15 is 0 Å². The van der Waals surface area contributed by atoms with E-state index in [-0.39, 0.29) is 12.6 Å². The van der Waals surface area contributed by atoms with Crippen LogP contribution in [0.4, 0.5) is 0 Å². The topological polar surface area (TPSA) is 66.0 Å². The van der Waals surface area contributed by atoms with Crippen molar-refractivity contribution in [1.29, 1.82) is 0 Å². The summed E-state index contributed by atoms with van der Waals surface area (Å²) in [6, 6.07) is 0. The Morgan fingerprint density at radius 2 is 2.24 bits per heavy atom. The molecule has 1 atom stereocenters. The van der Waals surface area contributed by atoms with Crippen LogP contribution in [-0.2, 0) is 23.7 Å². The van der Waals surface area contributed by atoms with Crippen molar-refractivity contribution in [2.45, 2.75) is 12.5 Å². The van der Waals surface area contributed by atoms with E-state index in [0.717, 1.165) is 13.0 Å².